The quantitative estimate of drug-likeness (QED) is 0.788. The summed E-state index contributed by atoms with van der Waals surface area (Å²) in [4.78, 5) is 19.7. The Balaban J connectivity index is 1.98. The molecule has 0 amide bonds. The van der Waals surface area contributed by atoms with Gasteiger partial charge in [0.2, 0.25) is 0 Å². The van der Waals surface area contributed by atoms with Crippen molar-refractivity contribution in [1.29, 1.82) is 0 Å². The summed E-state index contributed by atoms with van der Waals surface area (Å²) in [6.45, 7) is 2.25. The summed E-state index contributed by atoms with van der Waals surface area (Å²) in [7, 11) is 0. The van der Waals surface area contributed by atoms with E-state index in [0.717, 1.165) is 12.1 Å². The molecule has 1 aliphatic rings. The van der Waals surface area contributed by atoms with E-state index in [1.54, 1.807) is 12.4 Å². The normalized spacial score (nSPS) is 23.6. The number of carbonyl (C=O) groups is 1. The minimum Gasteiger partial charge on any atom is -0.466 e. The van der Waals surface area contributed by atoms with Crippen LogP contribution in [0.25, 0.3) is 0 Å². The first-order valence-corrected chi connectivity index (χ1v) is 5.65. The van der Waals surface area contributed by atoms with Crippen LogP contribution in [-0.2, 0) is 9.53 Å². The predicted molar refractivity (Wildman–Crippen MR) is 57.2 cm³/mol. The molecule has 2 atom stereocenters. The molecule has 0 radical (unpaired) electrons. The molecule has 1 aromatic rings. The summed E-state index contributed by atoms with van der Waals surface area (Å²) >= 11 is 3.22. The second-order valence-electron chi connectivity index (χ2n) is 3.46. The molecule has 15 heavy (non-hydrogen) atoms. The third-order valence-electron chi connectivity index (χ3n) is 2.40. The van der Waals surface area contributed by atoms with E-state index in [4.69, 9.17) is 4.74 Å². The van der Waals surface area contributed by atoms with Crippen molar-refractivity contribution >= 4 is 21.9 Å². The molecule has 2 unspecified atom stereocenters. The van der Waals surface area contributed by atoms with Gasteiger partial charge in [-0.1, -0.05) is 0 Å². The van der Waals surface area contributed by atoms with Crippen molar-refractivity contribution in [1.82, 2.24) is 9.97 Å². The zero-order valence-electron chi connectivity index (χ0n) is 8.31. The van der Waals surface area contributed by atoms with E-state index < -0.39 is 0 Å². The molecule has 0 N–H and O–H groups in total. The van der Waals surface area contributed by atoms with Crippen LogP contribution in [0.5, 0.6) is 0 Å². The van der Waals surface area contributed by atoms with Crippen LogP contribution in [0, 0.1) is 5.92 Å². The molecule has 4 nitrogen and oxygen atoms in total. The standard InChI is InChI=1S/C10H11BrN2O2/c1-2-15-10(14)7-3-6(7)8-4-13-9(11)5-12-8/h4-7H,2-3H2,1H3. The molecule has 2 rings (SSSR count). The summed E-state index contributed by atoms with van der Waals surface area (Å²) in [5.41, 5.74) is 0.872. The van der Waals surface area contributed by atoms with Gasteiger partial charge in [0.05, 0.1) is 30.6 Å². The van der Waals surface area contributed by atoms with E-state index in [0.29, 0.717) is 11.2 Å². The number of hydrogen-bond acceptors (Lipinski definition) is 4. The van der Waals surface area contributed by atoms with Crippen LogP contribution in [-0.4, -0.2) is 22.5 Å². The highest BCUT2D eigenvalue weighted by atomic mass is 79.9. The average Bonchev–Trinajstić information content (AvgIpc) is 2.99. The Bertz CT molecular complexity index is 366. The van der Waals surface area contributed by atoms with Crippen molar-refractivity contribution in [3.05, 3.63) is 22.7 Å². The number of carbonyl (C=O) groups excluding carboxylic acids is 1. The molecular weight excluding hydrogens is 260 g/mol. The summed E-state index contributed by atoms with van der Waals surface area (Å²) in [5, 5.41) is 0. The van der Waals surface area contributed by atoms with E-state index in [1.165, 1.54) is 0 Å². The zero-order valence-corrected chi connectivity index (χ0v) is 9.90. The number of rotatable bonds is 3. The van der Waals surface area contributed by atoms with Crippen molar-refractivity contribution in [2.45, 2.75) is 19.3 Å². The molecule has 0 bridgehead atoms. The number of halogens is 1. The van der Waals surface area contributed by atoms with Crippen molar-refractivity contribution < 1.29 is 9.53 Å². The minimum atomic E-state index is -0.118. The fourth-order valence-corrected chi connectivity index (χ4v) is 1.75. The van der Waals surface area contributed by atoms with Gasteiger partial charge in [-0.05, 0) is 29.3 Å². The molecule has 5 heteroatoms. The smallest absolute Gasteiger partial charge is 0.309 e. The molecule has 80 valence electrons. The first kappa shape index (κ1) is 10.5. The van der Waals surface area contributed by atoms with Crippen LogP contribution < -0.4 is 0 Å². The van der Waals surface area contributed by atoms with Crippen molar-refractivity contribution in [3.63, 3.8) is 0 Å². The Morgan fingerprint density at radius 2 is 2.40 bits per heavy atom. The van der Waals surface area contributed by atoms with Crippen LogP contribution in [0.2, 0.25) is 0 Å². The minimum absolute atomic E-state index is 0.0135. The number of esters is 1. The van der Waals surface area contributed by atoms with E-state index >= 15 is 0 Å². The largest absolute Gasteiger partial charge is 0.466 e. The third-order valence-corrected chi connectivity index (χ3v) is 2.81. The molecular formula is C10H11BrN2O2. The van der Waals surface area contributed by atoms with Crippen LogP contribution >= 0.6 is 15.9 Å². The Labute approximate surface area is 96.2 Å². The second kappa shape index (κ2) is 4.26. The van der Waals surface area contributed by atoms with Crippen LogP contribution in [0.1, 0.15) is 25.0 Å². The summed E-state index contributed by atoms with van der Waals surface area (Å²) in [6.07, 6.45) is 4.18. The maximum absolute atomic E-state index is 11.4. The first-order chi connectivity index (χ1) is 7.22. The molecule has 1 heterocycles. The van der Waals surface area contributed by atoms with Gasteiger partial charge in [-0.3, -0.25) is 9.78 Å². The van der Waals surface area contributed by atoms with E-state index in [-0.39, 0.29) is 17.8 Å². The van der Waals surface area contributed by atoms with E-state index in [9.17, 15) is 4.79 Å². The van der Waals surface area contributed by atoms with Crippen molar-refractivity contribution in [3.8, 4) is 0 Å². The molecule has 0 saturated heterocycles. The van der Waals surface area contributed by atoms with Gasteiger partial charge in [0.1, 0.15) is 4.60 Å². The van der Waals surface area contributed by atoms with Crippen molar-refractivity contribution in [2.75, 3.05) is 6.61 Å². The lowest BCUT2D eigenvalue weighted by atomic mass is 10.2. The van der Waals surface area contributed by atoms with Gasteiger partial charge >= 0.3 is 5.97 Å². The highest BCUT2D eigenvalue weighted by Gasteiger charge is 2.46. The van der Waals surface area contributed by atoms with Gasteiger partial charge in [-0.2, -0.15) is 0 Å². The van der Waals surface area contributed by atoms with Crippen LogP contribution in [0.3, 0.4) is 0 Å². The Morgan fingerprint density at radius 1 is 1.60 bits per heavy atom. The third kappa shape index (κ3) is 2.34. The lowest BCUT2D eigenvalue weighted by molar-refractivity contribution is -0.144. The Hall–Kier alpha value is -0.970. The van der Waals surface area contributed by atoms with Crippen molar-refractivity contribution in [2.24, 2.45) is 5.92 Å². The lowest BCUT2D eigenvalue weighted by Crippen LogP contribution is -2.07. The SMILES string of the molecule is CCOC(=O)C1CC1c1cnc(Br)cn1. The van der Waals surface area contributed by atoms with Gasteiger partial charge in [-0.25, -0.2) is 4.98 Å². The van der Waals surface area contributed by atoms with Crippen LogP contribution in [0.4, 0.5) is 0 Å². The highest BCUT2D eigenvalue weighted by Crippen LogP contribution is 2.47. The maximum atomic E-state index is 11.4. The molecule has 1 aromatic heterocycles. The van der Waals surface area contributed by atoms with Gasteiger partial charge in [0.25, 0.3) is 0 Å². The van der Waals surface area contributed by atoms with E-state index in [2.05, 4.69) is 25.9 Å². The average molecular weight is 271 g/mol. The Morgan fingerprint density at radius 3 is 3.00 bits per heavy atom. The molecule has 0 aromatic carbocycles. The summed E-state index contributed by atoms with van der Waals surface area (Å²) in [5.74, 6) is 0.0669. The van der Waals surface area contributed by atoms with Gasteiger partial charge < -0.3 is 4.74 Å². The number of nitrogens with zero attached hydrogens (tertiary/aromatic N) is 2. The summed E-state index contributed by atoms with van der Waals surface area (Å²) in [6, 6.07) is 0. The van der Waals surface area contributed by atoms with Gasteiger partial charge in [-0.15, -0.1) is 0 Å². The zero-order chi connectivity index (χ0) is 10.8. The molecule has 0 aliphatic heterocycles. The van der Waals surface area contributed by atoms with Gasteiger partial charge in [0, 0.05) is 5.92 Å². The van der Waals surface area contributed by atoms with E-state index in [1.807, 2.05) is 6.92 Å². The number of ether oxygens (including phenoxy) is 1. The molecule has 1 saturated carbocycles. The monoisotopic (exact) mass is 270 g/mol. The topological polar surface area (TPSA) is 52.1 Å². The molecule has 1 fully saturated rings. The fraction of sp³-hybridized carbons (Fsp3) is 0.500. The molecule has 0 spiro atoms. The second-order valence-corrected chi connectivity index (χ2v) is 4.28. The first-order valence-electron chi connectivity index (χ1n) is 4.86. The van der Waals surface area contributed by atoms with Gasteiger partial charge in [0.15, 0.2) is 0 Å². The fourth-order valence-electron chi connectivity index (χ4n) is 1.55. The Kier molecular flexibility index (Phi) is 3.00. The highest BCUT2D eigenvalue weighted by molar-refractivity contribution is 9.10. The number of hydrogen-bond donors (Lipinski definition) is 0. The van der Waals surface area contributed by atoms with Crippen LogP contribution in [0.15, 0.2) is 17.0 Å². The summed E-state index contributed by atoms with van der Waals surface area (Å²) < 4.78 is 5.65. The lowest BCUT2D eigenvalue weighted by Gasteiger charge is -2.00. The maximum Gasteiger partial charge on any atom is 0.309 e. The molecule has 1 aliphatic carbocycles. The number of aromatic nitrogens is 2. The predicted octanol–water partition coefficient (Wildman–Crippen LogP) is 1.91.